The number of aryl methyl sites for hydroxylation is 2. The van der Waals surface area contributed by atoms with Crippen LogP contribution in [0.25, 0.3) is 0 Å². The molecular weight excluding hydrogens is 302 g/mol. The molecule has 6 nitrogen and oxygen atoms in total. The van der Waals surface area contributed by atoms with Gasteiger partial charge in [-0.3, -0.25) is 9.78 Å². The largest absolute Gasteiger partial charge is 0.355 e. The highest BCUT2D eigenvalue weighted by atomic mass is 16.2. The molecule has 2 aliphatic heterocycles. The highest BCUT2D eigenvalue weighted by Gasteiger charge is 2.26. The number of hydrogen-bond donors (Lipinski definition) is 0. The lowest BCUT2D eigenvalue weighted by Gasteiger charge is -2.36. The van der Waals surface area contributed by atoms with Gasteiger partial charge in [-0.25, -0.2) is 4.98 Å². The third-order valence-corrected chi connectivity index (χ3v) is 5.28. The van der Waals surface area contributed by atoms with Crippen molar-refractivity contribution in [1.82, 2.24) is 19.8 Å². The summed E-state index contributed by atoms with van der Waals surface area (Å²) in [7, 11) is 2.12. The van der Waals surface area contributed by atoms with Crippen LogP contribution in [-0.4, -0.2) is 72.0 Å². The van der Waals surface area contributed by atoms with Crippen LogP contribution in [0.5, 0.6) is 0 Å². The molecular formula is C18H29N5O. The quantitative estimate of drug-likeness (QED) is 0.840. The van der Waals surface area contributed by atoms with Crippen LogP contribution >= 0.6 is 0 Å². The van der Waals surface area contributed by atoms with E-state index in [1.165, 1.54) is 0 Å². The molecule has 132 valence electrons. The Bertz CT molecular complexity index is 575. The predicted octanol–water partition coefficient (Wildman–Crippen LogP) is 1.47. The van der Waals surface area contributed by atoms with Crippen LogP contribution in [0.4, 0.5) is 5.82 Å². The smallest absolute Gasteiger partial charge is 0.222 e. The summed E-state index contributed by atoms with van der Waals surface area (Å²) < 4.78 is 0. The molecule has 0 unspecified atom stereocenters. The molecule has 0 atom stereocenters. The maximum absolute atomic E-state index is 12.5. The molecule has 3 heterocycles. The molecule has 6 heteroatoms. The van der Waals surface area contributed by atoms with Gasteiger partial charge in [-0.2, -0.15) is 0 Å². The van der Waals surface area contributed by atoms with E-state index in [1.807, 2.05) is 24.9 Å². The van der Waals surface area contributed by atoms with Gasteiger partial charge < -0.3 is 14.7 Å². The fraction of sp³-hybridized carbons (Fsp3) is 0.722. The van der Waals surface area contributed by atoms with Crippen LogP contribution in [0.15, 0.2) is 6.20 Å². The summed E-state index contributed by atoms with van der Waals surface area (Å²) in [6.45, 7) is 9.70. The number of piperidine rings is 1. The number of hydrogen-bond acceptors (Lipinski definition) is 5. The molecule has 2 fully saturated rings. The van der Waals surface area contributed by atoms with E-state index < -0.39 is 0 Å². The Morgan fingerprint density at radius 2 is 1.79 bits per heavy atom. The van der Waals surface area contributed by atoms with Gasteiger partial charge in [0, 0.05) is 51.9 Å². The van der Waals surface area contributed by atoms with Gasteiger partial charge in [0.05, 0.1) is 11.4 Å². The molecule has 0 bridgehead atoms. The molecule has 3 rings (SSSR count). The number of rotatable bonds is 3. The Balaban J connectivity index is 1.50. The van der Waals surface area contributed by atoms with Crippen molar-refractivity contribution in [3.05, 3.63) is 17.6 Å². The number of nitrogens with zero attached hydrogens (tertiary/aromatic N) is 5. The number of amides is 1. The molecule has 1 amide bonds. The highest BCUT2D eigenvalue weighted by molar-refractivity contribution is 5.76. The molecule has 24 heavy (non-hydrogen) atoms. The molecule has 0 spiro atoms. The monoisotopic (exact) mass is 331 g/mol. The number of anilines is 1. The number of likely N-dealkylation sites (N-methyl/N-ethyl adjacent to an activating group) is 1. The molecule has 0 aliphatic carbocycles. The van der Waals surface area contributed by atoms with E-state index in [2.05, 4.69) is 26.8 Å². The van der Waals surface area contributed by atoms with E-state index in [4.69, 9.17) is 0 Å². The summed E-state index contributed by atoms with van der Waals surface area (Å²) in [4.78, 5) is 28.2. The normalized spacial score (nSPS) is 20.5. The van der Waals surface area contributed by atoms with Crippen LogP contribution < -0.4 is 4.90 Å². The van der Waals surface area contributed by atoms with Crippen molar-refractivity contribution >= 4 is 11.7 Å². The van der Waals surface area contributed by atoms with Crippen molar-refractivity contribution in [2.45, 2.75) is 33.1 Å². The van der Waals surface area contributed by atoms with Gasteiger partial charge in [0.1, 0.15) is 5.82 Å². The first-order chi connectivity index (χ1) is 11.5. The third kappa shape index (κ3) is 4.04. The summed E-state index contributed by atoms with van der Waals surface area (Å²) >= 11 is 0. The second kappa shape index (κ2) is 7.47. The zero-order valence-electron chi connectivity index (χ0n) is 15.2. The fourth-order valence-electron chi connectivity index (χ4n) is 3.61. The topological polar surface area (TPSA) is 52.6 Å². The number of piperazine rings is 1. The Hall–Kier alpha value is -1.69. The first-order valence-corrected chi connectivity index (χ1v) is 9.04. The molecule has 1 aromatic rings. The Labute approximate surface area is 144 Å². The molecule has 1 aromatic heterocycles. The number of aromatic nitrogens is 2. The van der Waals surface area contributed by atoms with Crippen LogP contribution in [-0.2, 0) is 4.79 Å². The van der Waals surface area contributed by atoms with Gasteiger partial charge in [0.2, 0.25) is 5.91 Å². The minimum atomic E-state index is 0.341. The number of carbonyl (C=O) groups is 1. The van der Waals surface area contributed by atoms with Gasteiger partial charge in [-0.15, -0.1) is 0 Å². The maximum atomic E-state index is 12.5. The van der Waals surface area contributed by atoms with Crippen molar-refractivity contribution in [2.24, 2.45) is 5.92 Å². The van der Waals surface area contributed by atoms with Gasteiger partial charge in [-0.1, -0.05) is 0 Å². The van der Waals surface area contributed by atoms with Crippen molar-refractivity contribution in [3.63, 3.8) is 0 Å². The molecule has 2 aliphatic rings. The molecule has 0 N–H and O–H groups in total. The second-order valence-electron chi connectivity index (χ2n) is 7.24. The average Bonchev–Trinajstić information content (AvgIpc) is 2.58. The van der Waals surface area contributed by atoms with Gasteiger partial charge in [0.15, 0.2) is 0 Å². The lowest BCUT2D eigenvalue weighted by atomic mass is 9.92. The molecule has 0 radical (unpaired) electrons. The zero-order chi connectivity index (χ0) is 17.1. The van der Waals surface area contributed by atoms with Crippen molar-refractivity contribution in [3.8, 4) is 0 Å². The van der Waals surface area contributed by atoms with Gasteiger partial charge >= 0.3 is 0 Å². The summed E-state index contributed by atoms with van der Waals surface area (Å²) in [5.74, 6) is 1.86. The SMILES string of the molecule is Cc1cnc(C)c(N2CCC(CC(=O)N3CCN(C)CC3)CC2)n1. The van der Waals surface area contributed by atoms with Crippen LogP contribution in [0.2, 0.25) is 0 Å². The molecule has 2 saturated heterocycles. The van der Waals surface area contributed by atoms with Crippen LogP contribution in [0.1, 0.15) is 30.7 Å². The van der Waals surface area contributed by atoms with E-state index in [9.17, 15) is 4.79 Å². The lowest BCUT2D eigenvalue weighted by molar-refractivity contribution is -0.133. The summed E-state index contributed by atoms with van der Waals surface area (Å²) in [6, 6.07) is 0. The van der Waals surface area contributed by atoms with Crippen molar-refractivity contribution < 1.29 is 4.79 Å². The Morgan fingerprint density at radius 3 is 2.46 bits per heavy atom. The predicted molar refractivity (Wildman–Crippen MR) is 95.1 cm³/mol. The van der Waals surface area contributed by atoms with Crippen molar-refractivity contribution in [2.75, 3.05) is 51.2 Å². The van der Waals surface area contributed by atoms with E-state index in [0.29, 0.717) is 18.2 Å². The van der Waals surface area contributed by atoms with Crippen LogP contribution in [0.3, 0.4) is 0 Å². The summed E-state index contributed by atoms with van der Waals surface area (Å²) in [5.41, 5.74) is 1.95. The summed E-state index contributed by atoms with van der Waals surface area (Å²) in [5, 5.41) is 0. The highest BCUT2D eigenvalue weighted by Crippen LogP contribution is 2.26. The lowest BCUT2D eigenvalue weighted by Crippen LogP contribution is -2.47. The molecule has 0 saturated carbocycles. The zero-order valence-corrected chi connectivity index (χ0v) is 15.2. The van der Waals surface area contributed by atoms with E-state index in [1.54, 1.807) is 0 Å². The van der Waals surface area contributed by atoms with Gasteiger partial charge in [-0.05, 0) is 39.7 Å². The van der Waals surface area contributed by atoms with E-state index in [-0.39, 0.29) is 0 Å². The minimum absolute atomic E-state index is 0.341. The first-order valence-electron chi connectivity index (χ1n) is 9.04. The van der Waals surface area contributed by atoms with Gasteiger partial charge in [0.25, 0.3) is 0 Å². The maximum Gasteiger partial charge on any atom is 0.222 e. The Morgan fingerprint density at radius 1 is 1.12 bits per heavy atom. The van der Waals surface area contributed by atoms with E-state index >= 15 is 0 Å². The number of carbonyl (C=O) groups excluding carboxylic acids is 1. The third-order valence-electron chi connectivity index (χ3n) is 5.28. The van der Waals surface area contributed by atoms with Crippen LogP contribution in [0, 0.1) is 19.8 Å². The van der Waals surface area contributed by atoms with E-state index in [0.717, 1.165) is 69.3 Å². The Kier molecular flexibility index (Phi) is 5.33. The van der Waals surface area contributed by atoms with Crippen molar-refractivity contribution in [1.29, 1.82) is 0 Å². The second-order valence-corrected chi connectivity index (χ2v) is 7.24. The fourth-order valence-corrected chi connectivity index (χ4v) is 3.61. The minimum Gasteiger partial charge on any atom is -0.355 e. The first kappa shape index (κ1) is 17.1. The average molecular weight is 331 g/mol. The summed E-state index contributed by atoms with van der Waals surface area (Å²) in [6.07, 6.45) is 4.65. The standard InChI is InChI=1S/C18H29N5O/c1-14-13-19-15(2)18(20-14)23-6-4-16(5-7-23)12-17(24)22-10-8-21(3)9-11-22/h13,16H,4-12H2,1-3H3. The molecule has 0 aromatic carbocycles.